The van der Waals surface area contributed by atoms with Crippen LogP contribution >= 0.6 is 0 Å². The number of aryl methyl sites for hydroxylation is 1. The third kappa shape index (κ3) is 4.21. The van der Waals surface area contributed by atoms with E-state index < -0.39 is 0 Å². The zero-order valence-corrected chi connectivity index (χ0v) is 13.1. The van der Waals surface area contributed by atoms with Gasteiger partial charge in [0.25, 0.3) is 0 Å². The molecule has 0 aliphatic heterocycles. The number of furan rings is 1. The fraction of sp³-hybridized carbons (Fsp3) is 0.500. The van der Waals surface area contributed by atoms with Crippen molar-refractivity contribution in [3.63, 3.8) is 0 Å². The first-order valence-electron chi connectivity index (χ1n) is 7.60. The molecule has 21 heavy (non-hydrogen) atoms. The van der Waals surface area contributed by atoms with E-state index in [0.717, 1.165) is 54.4 Å². The summed E-state index contributed by atoms with van der Waals surface area (Å²) in [6, 6.07) is 1.95. The number of anilines is 2. The van der Waals surface area contributed by atoms with Gasteiger partial charge in [-0.3, -0.25) is 0 Å². The molecule has 0 spiro atoms. The van der Waals surface area contributed by atoms with Crippen molar-refractivity contribution in [3.8, 4) is 0 Å². The molecule has 0 saturated carbocycles. The fourth-order valence-electron chi connectivity index (χ4n) is 2.07. The summed E-state index contributed by atoms with van der Waals surface area (Å²) in [4.78, 5) is 9.26. The van der Waals surface area contributed by atoms with Crippen LogP contribution in [0.25, 0.3) is 0 Å². The van der Waals surface area contributed by atoms with Gasteiger partial charge in [-0.2, -0.15) is 0 Å². The average molecular weight is 288 g/mol. The highest BCUT2D eigenvalue weighted by Crippen LogP contribution is 2.21. The summed E-state index contributed by atoms with van der Waals surface area (Å²) >= 11 is 0. The molecule has 0 aromatic carbocycles. The summed E-state index contributed by atoms with van der Waals surface area (Å²) in [5.74, 6) is 2.72. The molecular weight excluding hydrogens is 264 g/mol. The van der Waals surface area contributed by atoms with Crippen LogP contribution in [0.2, 0.25) is 0 Å². The molecule has 5 nitrogen and oxygen atoms in total. The van der Waals surface area contributed by atoms with Gasteiger partial charge in [0.15, 0.2) is 0 Å². The van der Waals surface area contributed by atoms with E-state index in [9.17, 15) is 0 Å². The SMILES string of the molecule is CCCNc1nc(CCC)nc(NCc2ccoc2)c1C. The Morgan fingerprint density at radius 2 is 1.86 bits per heavy atom. The van der Waals surface area contributed by atoms with Gasteiger partial charge in [0.05, 0.1) is 12.5 Å². The Balaban J connectivity index is 2.18. The maximum Gasteiger partial charge on any atom is 0.135 e. The van der Waals surface area contributed by atoms with E-state index in [1.807, 2.05) is 13.0 Å². The summed E-state index contributed by atoms with van der Waals surface area (Å²) in [7, 11) is 0. The van der Waals surface area contributed by atoms with Crippen molar-refractivity contribution in [1.82, 2.24) is 9.97 Å². The van der Waals surface area contributed by atoms with E-state index in [1.165, 1.54) is 0 Å². The molecule has 0 atom stereocenters. The van der Waals surface area contributed by atoms with Gasteiger partial charge < -0.3 is 15.1 Å². The molecule has 0 radical (unpaired) electrons. The number of rotatable bonds is 8. The van der Waals surface area contributed by atoms with E-state index in [0.29, 0.717) is 6.54 Å². The molecule has 0 amide bonds. The third-order valence-electron chi connectivity index (χ3n) is 3.25. The number of aromatic nitrogens is 2. The molecule has 0 unspecified atom stereocenters. The minimum atomic E-state index is 0.702. The largest absolute Gasteiger partial charge is 0.472 e. The van der Waals surface area contributed by atoms with Crippen LogP contribution < -0.4 is 10.6 Å². The lowest BCUT2D eigenvalue weighted by Crippen LogP contribution is -2.11. The summed E-state index contributed by atoms with van der Waals surface area (Å²) in [6.07, 6.45) is 6.43. The highest BCUT2D eigenvalue weighted by molar-refractivity contribution is 5.57. The zero-order valence-electron chi connectivity index (χ0n) is 13.1. The van der Waals surface area contributed by atoms with Gasteiger partial charge in [-0.25, -0.2) is 9.97 Å². The van der Waals surface area contributed by atoms with Crippen LogP contribution in [0.5, 0.6) is 0 Å². The Kier molecular flexibility index (Phi) is 5.60. The topological polar surface area (TPSA) is 63.0 Å². The Labute approximate surface area is 126 Å². The van der Waals surface area contributed by atoms with Crippen molar-refractivity contribution in [1.29, 1.82) is 0 Å². The molecule has 2 heterocycles. The van der Waals surface area contributed by atoms with Crippen LogP contribution in [0, 0.1) is 6.92 Å². The van der Waals surface area contributed by atoms with Crippen LogP contribution in [-0.2, 0) is 13.0 Å². The monoisotopic (exact) mass is 288 g/mol. The molecule has 5 heteroatoms. The molecular formula is C16H24N4O. The summed E-state index contributed by atoms with van der Waals surface area (Å²) in [5, 5.41) is 6.77. The van der Waals surface area contributed by atoms with Crippen LogP contribution in [0.15, 0.2) is 23.0 Å². The number of nitrogens with zero attached hydrogens (tertiary/aromatic N) is 2. The molecule has 0 bridgehead atoms. The second kappa shape index (κ2) is 7.67. The maximum atomic E-state index is 5.09. The van der Waals surface area contributed by atoms with E-state index in [1.54, 1.807) is 12.5 Å². The lowest BCUT2D eigenvalue weighted by molar-refractivity contribution is 0.564. The van der Waals surface area contributed by atoms with Crippen LogP contribution in [-0.4, -0.2) is 16.5 Å². The molecule has 0 aliphatic rings. The summed E-state index contributed by atoms with van der Waals surface area (Å²) < 4.78 is 5.09. The maximum absolute atomic E-state index is 5.09. The predicted molar refractivity (Wildman–Crippen MR) is 85.6 cm³/mol. The first kappa shape index (κ1) is 15.4. The van der Waals surface area contributed by atoms with Crippen molar-refractivity contribution < 1.29 is 4.42 Å². The number of hydrogen-bond donors (Lipinski definition) is 2. The standard InChI is InChI=1S/C16H24N4O/c1-4-6-14-19-15(17-8-5-2)12(3)16(20-14)18-10-13-7-9-21-11-13/h7,9,11H,4-6,8,10H2,1-3H3,(H2,17,18,19,20). The van der Waals surface area contributed by atoms with Crippen LogP contribution in [0.4, 0.5) is 11.6 Å². The molecule has 114 valence electrons. The molecule has 0 aliphatic carbocycles. The Hall–Kier alpha value is -2.04. The van der Waals surface area contributed by atoms with Crippen LogP contribution in [0.1, 0.15) is 43.6 Å². The number of nitrogens with one attached hydrogen (secondary N) is 2. The van der Waals surface area contributed by atoms with Crippen molar-refractivity contribution in [2.24, 2.45) is 0 Å². The first-order valence-corrected chi connectivity index (χ1v) is 7.60. The smallest absolute Gasteiger partial charge is 0.135 e. The van der Waals surface area contributed by atoms with Gasteiger partial charge in [-0.05, 0) is 25.8 Å². The second-order valence-corrected chi connectivity index (χ2v) is 5.12. The molecule has 0 fully saturated rings. The van der Waals surface area contributed by atoms with Crippen molar-refractivity contribution in [2.45, 2.75) is 46.6 Å². The van der Waals surface area contributed by atoms with Gasteiger partial charge in [0, 0.05) is 30.6 Å². The fourth-order valence-corrected chi connectivity index (χ4v) is 2.07. The van der Waals surface area contributed by atoms with Gasteiger partial charge >= 0.3 is 0 Å². The first-order chi connectivity index (χ1) is 10.2. The van der Waals surface area contributed by atoms with Crippen molar-refractivity contribution in [3.05, 3.63) is 35.5 Å². The predicted octanol–water partition coefficient (Wildman–Crippen LogP) is 3.76. The molecule has 2 rings (SSSR count). The molecule has 2 aromatic rings. The Morgan fingerprint density at radius 1 is 1.10 bits per heavy atom. The van der Waals surface area contributed by atoms with E-state index in [-0.39, 0.29) is 0 Å². The molecule has 2 aromatic heterocycles. The summed E-state index contributed by atoms with van der Waals surface area (Å²) in [6.45, 7) is 7.96. The third-order valence-corrected chi connectivity index (χ3v) is 3.25. The normalized spacial score (nSPS) is 10.6. The van der Waals surface area contributed by atoms with Gasteiger partial charge in [-0.15, -0.1) is 0 Å². The average Bonchev–Trinajstić information content (AvgIpc) is 2.99. The van der Waals surface area contributed by atoms with Crippen molar-refractivity contribution in [2.75, 3.05) is 17.2 Å². The Bertz CT molecular complexity index is 552. The van der Waals surface area contributed by atoms with Crippen molar-refractivity contribution >= 4 is 11.6 Å². The lowest BCUT2D eigenvalue weighted by Gasteiger charge is -2.14. The minimum Gasteiger partial charge on any atom is -0.472 e. The molecule has 2 N–H and O–H groups in total. The van der Waals surface area contributed by atoms with Gasteiger partial charge in [-0.1, -0.05) is 13.8 Å². The van der Waals surface area contributed by atoms with Gasteiger partial charge in [0.1, 0.15) is 17.5 Å². The quantitative estimate of drug-likeness (QED) is 0.774. The summed E-state index contributed by atoms with van der Waals surface area (Å²) in [5.41, 5.74) is 2.17. The van der Waals surface area contributed by atoms with E-state index >= 15 is 0 Å². The highest BCUT2D eigenvalue weighted by atomic mass is 16.3. The second-order valence-electron chi connectivity index (χ2n) is 5.12. The zero-order chi connectivity index (χ0) is 15.1. The lowest BCUT2D eigenvalue weighted by atomic mass is 10.2. The van der Waals surface area contributed by atoms with Crippen LogP contribution in [0.3, 0.4) is 0 Å². The van der Waals surface area contributed by atoms with Gasteiger partial charge in [0.2, 0.25) is 0 Å². The van der Waals surface area contributed by atoms with E-state index in [4.69, 9.17) is 4.42 Å². The number of hydrogen-bond acceptors (Lipinski definition) is 5. The Morgan fingerprint density at radius 3 is 2.48 bits per heavy atom. The highest BCUT2D eigenvalue weighted by Gasteiger charge is 2.10. The minimum absolute atomic E-state index is 0.702. The molecule has 0 saturated heterocycles. The van der Waals surface area contributed by atoms with E-state index in [2.05, 4.69) is 34.4 Å².